The lowest BCUT2D eigenvalue weighted by atomic mass is 10.1. The van der Waals surface area contributed by atoms with Crippen molar-refractivity contribution in [2.24, 2.45) is 0 Å². The Bertz CT molecular complexity index is 433. The molecule has 0 radical (unpaired) electrons. The van der Waals surface area contributed by atoms with Gasteiger partial charge in [0.25, 0.3) is 0 Å². The van der Waals surface area contributed by atoms with Gasteiger partial charge in [-0.1, -0.05) is 6.07 Å². The van der Waals surface area contributed by atoms with Gasteiger partial charge in [0, 0.05) is 0 Å². The van der Waals surface area contributed by atoms with E-state index in [9.17, 15) is 4.79 Å². The number of benzene rings is 1. The van der Waals surface area contributed by atoms with Crippen LogP contribution in [0.25, 0.3) is 0 Å². The molecule has 1 N–H and O–H groups in total. The molecule has 2 rings (SSSR count). The molecule has 0 bridgehead atoms. The number of ether oxygens (including phenoxy) is 3. The number of amides is 1. The van der Waals surface area contributed by atoms with Gasteiger partial charge in [0.15, 0.2) is 11.5 Å². The number of alkyl carbamates (subject to hydrolysis) is 1. The van der Waals surface area contributed by atoms with Crippen molar-refractivity contribution in [3.8, 4) is 11.5 Å². The largest absolute Gasteiger partial charge is 0.490 e. The van der Waals surface area contributed by atoms with Crippen LogP contribution in [0.1, 0.15) is 25.5 Å². The molecule has 1 fully saturated rings. The Morgan fingerprint density at radius 3 is 2.61 bits per heavy atom. The van der Waals surface area contributed by atoms with Crippen molar-refractivity contribution >= 4 is 6.09 Å². The van der Waals surface area contributed by atoms with Crippen LogP contribution in [-0.4, -0.2) is 25.9 Å². The second-order valence-corrected chi connectivity index (χ2v) is 3.85. The number of carbonyl (C=O) groups is 1. The third-order valence-corrected chi connectivity index (χ3v) is 2.62. The Morgan fingerprint density at radius 2 is 2.00 bits per heavy atom. The zero-order valence-electron chi connectivity index (χ0n) is 10.6. The van der Waals surface area contributed by atoms with Gasteiger partial charge in [-0.2, -0.15) is 0 Å². The van der Waals surface area contributed by atoms with E-state index in [0.717, 1.165) is 5.56 Å². The molecule has 98 valence electrons. The first-order chi connectivity index (χ1) is 8.74. The number of rotatable bonds is 5. The molecule has 0 aliphatic carbocycles. The van der Waals surface area contributed by atoms with Crippen molar-refractivity contribution in [3.05, 3.63) is 23.8 Å². The average Bonchev–Trinajstić information content (AvgIpc) is 2.79. The molecule has 1 aromatic carbocycles. The van der Waals surface area contributed by atoms with Crippen molar-refractivity contribution in [1.29, 1.82) is 0 Å². The first-order valence-electron chi connectivity index (χ1n) is 6.08. The summed E-state index contributed by atoms with van der Waals surface area (Å²) in [5.74, 6) is 1.39. The highest BCUT2D eigenvalue weighted by Crippen LogP contribution is 2.32. The maximum Gasteiger partial charge on any atom is 0.407 e. The zero-order valence-corrected chi connectivity index (χ0v) is 10.6. The Labute approximate surface area is 106 Å². The Hall–Kier alpha value is -1.91. The van der Waals surface area contributed by atoms with E-state index in [-0.39, 0.29) is 12.2 Å². The maximum absolute atomic E-state index is 11.0. The third kappa shape index (κ3) is 2.67. The van der Waals surface area contributed by atoms with Crippen molar-refractivity contribution in [2.45, 2.75) is 20.0 Å². The van der Waals surface area contributed by atoms with Crippen LogP contribution in [0.5, 0.6) is 11.5 Å². The van der Waals surface area contributed by atoms with Gasteiger partial charge in [-0.05, 0) is 31.5 Å². The summed E-state index contributed by atoms with van der Waals surface area (Å²) in [5.41, 5.74) is 0.903. The van der Waals surface area contributed by atoms with Crippen LogP contribution in [-0.2, 0) is 4.74 Å². The van der Waals surface area contributed by atoms with Gasteiger partial charge in [0.2, 0.25) is 0 Å². The summed E-state index contributed by atoms with van der Waals surface area (Å²) in [6.07, 6.45) is -0.640. The SMILES string of the molecule is CCOc1ccc(C2CNC(=O)O2)cc1OCC. The average molecular weight is 251 g/mol. The molecule has 1 aliphatic rings. The monoisotopic (exact) mass is 251 g/mol. The maximum atomic E-state index is 11.0. The van der Waals surface area contributed by atoms with E-state index >= 15 is 0 Å². The summed E-state index contributed by atoms with van der Waals surface area (Å²) in [6.45, 7) is 5.47. The van der Waals surface area contributed by atoms with Crippen LogP contribution in [0.15, 0.2) is 18.2 Å². The summed E-state index contributed by atoms with van der Waals surface area (Å²) < 4.78 is 16.1. The van der Waals surface area contributed by atoms with Gasteiger partial charge < -0.3 is 19.5 Å². The molecule has 1 aliphatic heterocycles. The molecular formula is C13H17NO4. The molecule has 0 spiro atoms. The lowest BCUT2D eigenvalue weighted by Crippen LogP contribution is -2.12. The van der Waals surface area contributed by atoms with Crippen molar-refractivity contribution in [1.82, 2.24) is 5.32 Å². The molecule has 5 heteroatoms. The summed E-state index contributed by atoms with van der Waals surface area (Å²) in [5, 5.41) is 2.63. The summed E-state index contributed by atoms with van der Waals surface area (Å²) in [7, 11) is 0. The van der Waals surface area contributed by atoms with E-state index in [1.165, 1.54) is 0 Å². The van der Waals surface area contributed by atoms with Gasteiger partial charge in [-0.25, -0.2) is 4.79 Å². The lowest BCUT2D eigenvalue weighted by molar-refractivity contribution is 0.141. The number of hydrogen-bond donors (Lipinski definition) is 1. The zero-order chi connectivity index (χ0) is 13.0. The molecule has 1 unspecified atom stereocenters. The van der Waals surface area contributed by atoms with E-state index < -0.39 is 0 Å². The van der Waals surface area contributed by atoms with Gasteiger partial charge in [-0.15, -0.1) is 0 Å². The first kappa shape index (κ1) is 12.5. The van der Waals surface area contributed by atoms with Crippen LogP contribution in [0.3, 0.4) is 0 Å². The summed E-state index contributed by atoms with van der Waals surface area (Å²) in [4.78, 5) is 11.0. The molecule has 1 atom stereocenters. The normalized spacial score (nSPS) is 18.1. The van der Waals surface area contributed by atoms with Crippen LogP contribution < -0.4 is 14.8 Å². The lowest BCUT2D eigenvalue weighted by Gasteiger charge is -2.14. The number of nitrogens with one attached hydrogen (secondary N) is 1. The standard InChI is InChI=1S/C13H17NO4/c1-3-16-10-6-5-9(7-11(10)17-4-2)12-8-14-13(15)18-12/h5-7,12H,3-4,8H2,1-2H3,(H,14,15). The topological polar surface area (TPSA) is 56.8 Å². The van der Waals surface area contributed by atoms with Crippen LogP contribution in [0, 0.1) is 0 Å². The van der Waals surface area contributed by atoms with Crippen LogP contribution in [0.4, 0.5) is 4.79 Å². The fraction of sp³-hybridized carbons (Fsp3) is 0.462. The van der Waals surface area contributed by atoms with Gasteiger partial charge in [0.05, 0.1) is 19.8 Å². The summed E-state index contributed by atoms with van der Waals surface area (Å²) in [6, 6.07) is 5.59. The fourth-order valence-electron chi connectivity index (χ4n) is 1.84. The number of carbonyl (C=O) groups excluding carboxylic acids is 1. The highest BCUT2D eigenvalue weighted by molar-refractivity contribution is 5.69. The Balaban J connectivity index is 2.21. The minimum Gasteiger partial charge on any atom is -0.490 e. The van der Waals surface area contributed by atoms with E-state index in [2.05, 4.69) is 5.32 Å². The Kier molecular flexibility index (Phi) is 3.92. The smallest absolute Gasteiger partial charge is 0.407 e. The predicted octanol–water partition coefficient (Wildman–Crippen LogP) is 2.26. The van der Waals surface area contributed by atoms with Crippen LogP contribution >= 0.6 is 0 Å². The molecule has 1 saturated heterocycles. The fourth-order valence-corrected chi connectivity index (χ4v) is 1.84. The van der Waals surface area contributed by atoms with Crippen molar-refractivity contribution in [3.63, 3.8) is 0 Å². The van der Waals surface area contributed by atoms with Gasteiger partial charge >= 0.3 is 6.09 Å². The minimum absolute atomic E-state index is 0.257. The second kappa shape index (κ2) is 5.62. The van der Waals surface area contributed by atoms with Crippen molar-refractivity contribution in [2.75, 3.05) is 19.8 Å². The van der Waals surface area contributed by atoms with E-state index in [4.69, 9.17) is 14.2 Å². The predicted molar refractivity (Wildman–Crippen MR) is 66.0 cm³/mol. The van der Waals surface area contributed by atoms with Crippen LogP contribution in [0.2, 0.25) is 0 Å². The molecule has 0 saturated carbocycles. The molecular weight excluding hydrogens is 234 g/mol. The van der Waals surface area contributed by atoms with E-state index in [0.29, 0.717) is 31.3 Å². The molecule has 0 aromatic heterocycles. The third-order valence-electron chi connectivity index (χ3n) is 2.62. The molecule has 1 amide bonds. The number of hydrogen-bond acceptors (Lipinski definition) is 4. The molecule has 1 heterocycles. The van der Waals surface area contributed by atoms with Gasteiger partial charge in [0.1, 0.15) is 6.10 Å². The highest BCUT2D eigenvalue weighted by Gasteiger charge is 2.25. The second-order valence-electron chi connectivity index (χ2n) is 3.85. The molecule has 5 nitrogen and oxygen atoms in total. The van der Waals surface area contributed by atoms with E-state index in [1.54, 1.807) is 0 Å². The van der Waals surface area contributed by atoms with Gasteiger partial charge in [-0.3, -0.25) is 0 Å². The minimum atomic E-state index is -0.383. The number of cyclic esters (lactones) is 1. The van der Waals surface area contributed by atoms with Crippen molar-refractivity contribution < 1.29 is 19.0 Å². The molecule has 18 heavy (non-hydrogen) atoms. The Morgan fingerprint density at radius 1 is 1.28 bits per heavy atom. The summed E-state index contributed by atoms with van der Waals surface area (Å²) >= 11 is 0. The first-order valence-corrected chi connectivity index (χ1v) is 6.08. The quantitative estimate of drug-likeness (QED) is 0.872. The molecule has 1 aromatic rings. The highest BCUT2D eigenvalue weighted by atomic mass is 16.6. The van der Waals surface area contributed by atoms with E-state index in [1.807, 2.05) is 32.0 Å².